The number of nitrogens with one attached hydrogen (secondary N) is 2. The number of aryl methyl sites for hydroxylation is 2. The van der Waals surface area contributed by atoms with Gasteiger partial charge in [0.25, 0.3) is 5.91 Å². The van der Waals surface area contributed by atoms with E-state index in [1.54, 1.807) is 27.0 Å². The lowest BCUT2D eigenvalue weighted by Crippen LogP contribution is -2.54. The van der Waals surface area contributed by atoms with E-state index in [-0.39, 0.29) is 12.3 Å². The minimum absolute atomic E-state index is 0.286. The van der Waals surface area contributed by atoms with Gasteiger partial charge in [0.2, 0.25) is 0 Å². The molecule has 2 N–H and O–H groups in total. The Labute approximate surface area is 264 Å². The predicted octanol–water partition coefficient (Wildman–Crippen LogP) is 7.12. The first-order valence-electron chi connectivity index (χ1n) is 15.2. The number of carbonyl (C=O) groups excluding carboxylic acids is 2. The Morgan fingerprint density at radius 3 is 2.44 bits per heavy atom. The van der Waals surface area contributed by atoms with Crippen LogP contribution in [0.25, 0.3) is 22.3 Å². The number of hydrogen-bond donors (Lipinski definition) is 2. The highest BCUT2D eigenvalue weighted by molar-refractivity contribution is 6.04. The van der Waals surface area contributed by atoms with Gasteiger partial charge < -0.3 is 15.4 Å². The number of piperidine rings is 1. The fourth-order valence-electron chi connectivity index (χ4n) is 5.42. The molecule has 234 valence electrons. The summed E-state index contributed by atoms with van der Waals surface area (Å²) in [6, 6.07) is 20.9. The number of benzene rings is 2. The van der Waals surface area contributed by atoms with Crippen LogP contribution in [0.3, 0.4) is 0 Å². The summed E-state index contributed by atoms with van der Waals surface area (Å²) in [6.45, 7) is 10.6. The highest BCUT2D eigenvalue weighted by atomic mass is 19.1. The van der Waals surface area contributed by atoms with Gasteiger partial charge >= 0.3 is 6.09 Å². The van der Waals surface area contributed by atoms with Crippen molar-refractivity contribution < 1.29 is 18.7 Å². The third-order valence-electron chi connectivity index (χ3n) is 7.64. The molecule has 1 saturated heterocycles. The number of hydrogen-bond acceptors (Lipinski definition) is 6. The molecule has 9 heteroatoms. The Morgan fingerprint density at radius 2 is 1.73 bits per heavy atom. The molecule has 8 nitrogen and oxygen atoms in total. The summed E-state index contributed by atoms with van der Waals surface area (Å²) in [5, 5.41) is 5.75. The topological polar surface area (TPSA) is 96.5 Å². The maximum Gasteiger partial charge on any atom is 0.408 e. The summed E-state index contributed by atoms with van der Waals surface area (Å²) in [5.41, 5.74) is 6.81. The van der Waals surface area contributed by atoms with Crippen LogP contribution < -0.4 is 10.6 Å². The van der Waals surface area contributed by atoms with E-state index in [4.69, 9.17) is 4.74 Å². The summed E-state index contributed by atoms with van der Waals surface area (Å²) in [6.07, 6.45) is 2.01. The normalized spacial score (nSPS) is 17.0. The third-order valence-corrected chi connectivity index (χ3v) is 7.64. The van der Waals surface area contributed by atoms with Crippen LogP contribution in [0, 0.1) is 13.8 Å². The Morgan fingerprint density at radius 1 is 0.956 bits per heavy atom. The molecule has 2 amide bonds. The van der Waals surface area contributed by atoms with Gasteiger partial charge in [0.05, 0.1) is 6.04 Å². The van der Waals surface area contributed by atoms with Gasteiger partial charge in [-0.3, -0.25) is 19.7 Å². The number of pyridine rings is 2. The molecule has 0 bridgehead atoms. The first kappa shape index (κ1) is 31.8. The molecular formula is C36H40FN5O3. The van der Waals surface area contributed by atoms with Crippen molar-refractivity contribution in [1.82, 2.24) is 20.2 Å². The maximum absolute atomic E-state index is 14.8. The van der Waals surface area contributed by atoms with Gasteiger partial charge in [0.1, 0.15) is 17.5 Å². The highest BCUT2D eigenvalue weighted by Crippen LogP contribution is 2.28. The van der Waals surface area contributed by atoms with Crippen LogP contribution in [0.15, 0.2) is 79.1 Å². The smallest absolute Gasteiger partial charge is 0.408 e. The van der Waals surface area contributed by atoms with Crippen LogP contribution in [0.2, 0.25) is 0 Å². The van der Waals surface area contributed by atoms with Crippen LogP contribution in [-0.4, -0.2) is 57.8 Å². The van der Waals surface area contributed by atoms with Gasteiger partial charge in [-0.15, -0.1) is 0 Å². The first-order valence-corrected chi connectivity index (χ1v) is 15.2. The van der Waals surface area contributed by atoms with E-state index in [1.807, 2.05) is 80.7 Å². The molecule has 3 heterocycles. The molecule has 2 atom stereocenters. The van der Waals surface area contributed by atoms with Crippen LogP contribution >= 0.6 is 0 Å². The second kappa shape index (κ2) is 13.6. The van der Waals surface area contributed by atoms with E-state index < -0.39 is 23.9 Å². The maximum atomic E-state index is 14.8. The Hall–Kier alpha value is -4.63. The molecule has 45 heavy (non-hydrogen) atoms. The lowest BCUT2D eigenvalue weighted by molar-refractivity contribution is 0.0388. The van der Waals surface area contributed by atoms with E-state index >= 15 is 0 Å². The molecular weight excluding hydrogens is 569 g/mol. The molecule has 1 fully saturated rings. The minimum Gasteiger partial charge on any atom is -0.444 e. The van der Waals surface area contributed by atoms with Crippen molar-refractivity contribution in [2.75, 3.05) is 18.4 Å². The van der Waals surface area contributed by atoms with E-state index in [0.29, 0.717) is 31.0 Å². The molecule has 0 saturated carbocycles. The van der Waals surface area contributed by atoms with E-state index in [1.165, 1.54) is 0 Å². The number of nitrogens with zero attached hydrogens (tertiary/aromatic N) is 3. The molecule has 4 aromatic rings. The second-order valence-electron chi connectivity index (χ2n) is 12.6. The van der Waals surface area contributed by atoms with Crippen LogP contribution in [0.1, 0.15) is 54.5 Å². The number of ether oxygens (including phenoxy) is 1. The predicted molar refractivity (Wildman–Crippen MR) is 175 cm³/mol. The zero-order valence-corrected chi connectivity index (χ0v) is 26.4. The van der Waals surface area contributed by atoms with Crippen LogP contribution in [-0.2, 0) is 11.3 Å². The van der Waals surface area contributed by atoms with Crippen molar-refractivity contribution in [2.45, 2.75) is 65.4 Å². The largest absolute Gasteiger partial charge is 0.444 e. The number of rotatable bonds is 7. The Kier molecular flexibility index (Phi) is 9.58. The highest BCUT2D eigenvalue weighted by Gasteiger charge is 2.32. The number of alkyl halides is 1. The van der Waals surface area contributed by atoms with Gasteiger partial charge in [0.15, 0.2) is 0 Å². The zero-order chi connectivity index (χ0) is 32.1. The molecule has 1 aliphatic rings. The van der Waals surface area contributed by atoms with Crippen molar-refractivity contribution in [3.63, 3.8) is 0 Å². The van der Waals surface area contributed by atoms with Crippen LogP contribution in [0.4, 0.5) is 14.9 Å². The van der Waals surface area contributed by atoms with Gasteiger partial charge in [-0.1, -0.05) is 36.4 Å². The molecule has 1 aliphatic heterocycles. The monoisotopic (exact) mass is 609 g/mol. The van der Waals surface area contributed by atoms with Gasteiger partial charge in [-0.2, -0.15) is 0 Å². The fraction of sp³-hybridized carbons (Fsp3) is 0.333. The number of anilines is 1. The molecule has 0 aliphatic carbocycles. The molecule has 5 rings (SSSR count). The molecule has 2 aromatic heterocycles. The summed E-state index contributed by atoms with van der Waals surface area (Å²) >= 11 is 0. The second-order valence-corrected chi connectivity index (χ2v) is 12.6. The summed E-state index contributed by atoms with van der Waals surface area (Å²) in [4.78, 5) is 36.8. The summed E-state index contributed by atoms with van der Waals surface area (Å²) in [5.74, 6) is -0.322. The number of alkyl carbamates (subject to hydrolysis) is 1. The van der Waals surface area contributed by atoms with E-state index in [2.05, 4.69) is 31.6 Å². The van der Waals surface area contributed by atoms with Crippen molar-refractivity contribution in [3.8, 4) is 22.3 Å². The lowest BCUT2D eigenvalue weighted by atomic mass is 10.00. The van der Waals surface area contributed by atoms with Crippen molar-refractivity contribution in [1.29, 1.82) is 0 Å². The Bertz CT molecular complexity index is 1650. The van der Waals surface area contributed by atoms with Crippen molar-refractivity contribution >= 4 is 17.7 Å². The number of amides is 2. The fourth-order valence-corrected chi connectivity index (χ4v) is 5.42. The number of halogens is 1. The quantitative estimate of drug-likeness (QED) is 0.232. The third kappa shape index (κ3) is 8.51. The van der Waals surface area contributed by atoms with E-state index in [0.717, 1.165) is 39.1 Å². The first-order chi connectivity index (χ1) is 21.4. The molecule has 0 radical (unpaired) electrons. The standard InChI is InChI=1S/C36H40FN5O3/c1-23-19-39-32(18-30(23)26-9-7-6-8-10-26)34(43)40-29-16-25(15-28(17-29)27-12-11-24(2)38-20-27)21-42-14-13-31(37)33(22-42)41-35(44)45-36(3,4)5/h6-12,15-20,31,33H,13-14,21-22H2,1-5H3,(H,40,43)(H,41,44)/t31-,33-/m1/s1. The number of likely N-dealkylation sites (tertiary alicyclic amines) is 1. The Balaban J connectivity index is 1.38. The van der Waals surface area contributed by atoms with E-state index in [9.17, 15) is 14.0 Å². The number of aromatic nitrogens is 2. The molecule has 0 unspecified atom stereocenters. The molecule has 0 spiro atoms. The van der Waals surface area contributed by atoms with Crippen LogP contribution in [0.5, 0.6) is 0 Å². The van der Waals surface area contributed by atoms with Gasteiger partial charge in [0, 0.05) is 49.0 Å². The average molecular weight is 610 g/mol. The summed E-state index contributed by atoms with van der Waals surface area (Å²) in [7, 11) is 0. The van der Waals surface area contributed by atoms with Crippen molar-refractivity contribution in [3.05, 3.63) is 102 Å². The lowest BCUT2D eigenvalue weighted by Gasteiger charge is -2.35. The zero-order valence-electron chi connectivity index (χ0n) is 26.4. The summed E-state index contributed by atoms with van der Waals surface area (Å²) < 4.78 is 20.2. The van der Waals surface area contributed by atoms with Gasteiger partial charge in [-0.05, 0) is 99.2 Å². The van der Waals surface area contributed by atoms with Crippen molar-refractivity contribution in [2.24, 2.45) is 0 Å². The SMILES string of the molecule is Cc1ccc(-c2cc(CN3CC[C@@H](F)[C@H](NC(=O)OC(C)(C)C)C3)cc(NC(=O)c3cc(-c4ccccc4)c(C)cn3)c2)cn1. The average Bonchev–Trinajstić information content (AvgIpc) is 2.99. The molecule has 2 aromatic carbocycles. The minimum atomic E-state index is -1.17. The number of carbonyl (C=O) groups is 2. The van der Waals surface area contributed by atoms with Gasteiger partial charge in [-0.25, -0.2) is 9.18 Å².